The monoisotopic (exact) mass is 397 g/mol. The third-order valence-corrected chi connectivity index (χ3v) is 5.03. The van der Waals surface area contributed by atoms with Crippen LogP contribution in [0.3, 0.4) is 0 Å². The summed E-state index contributed by atoms with van der Waals surface area (Å²) < 4.78 is 12.3. The molecule has 3 rings (SSSR count). The van der Waals surface area contributed by atoms with Crippen LogP contribution in [0.1, 0.15) is 48.9 Å². The van der Waals surface area contributed by atoms with Crippen LogP contribution < -0.4 is 0 Å². The first kappa shape index (κ1) is 20.6. The van der Waals surface area contributed by atoms with E-state index in [1.165, 1.54) is 6.08 Å². The number of rotatable bonds is 7. The zero-order valence-electron chi connectivity index (χ0n) is 17.4. The number of allylic oxidation sites excluding steroid dienone is 2. The molecule has 0 aromatic carbocycles. The summed E-state index contributed by atoms with van der Waals surface area (Å²) in [4.78, 5) is 26.2. The highest BCUT2D eigenvalue weighted by atomic mass is 16.5. The fourth-order valence-electron chi connectivity index (χ4n) is 3.62. The number of esters is 1. The Bertz CT molecular complexity index is 965. The van der Waals surface area contributed by atoms with Crippen molar-refractivity contribution in [3.05, 3.63) is 52.7 Å². The Kier molecular flexibility index (Phi) is 6.36. The molecule has 0 atom stereocenters. The molecule has 154 valence electrons. The topological polar surface area (TPSA) is 77.6 Å². The summed E-state index contributed by atoms with van der Waals surface area (Å²) in [6.45, 7) is 7.98. The first-order chi connectivity index (χ1) is 13.9. The molecule has 0 bridgehead atoms. The van der Waals surface area contributed by atoms with Crippen molar-refractivity contribution in [2.45, 2.75) is 47.0 Å². The van der Waals surface area contributed by atoms with Crippen molar-refractivity contribution >= 4 is 18.0 Å². The molecule has 1 aliphatic carbocycles. The first-order valence-electron chi connectivity index (χ1n) is 9.87. The number of nitrogens with zero attached hydrogens (tertiary/aromatic N) is 3. The second-order valence-electron chi connectivity index (χ2n) is 7.12. The summed E-state index contributed by atoms with van der Waals surface area (Å²) >= 11 is 0. The largest absolute Gasteiger partial charge is 0.452 e. The van der Waals surface area contributed by atoms with Gasteiger partial charge in [0.05, 0.1) is 0 Å². The van der Waals surface area contributed by atoms with Gasteiger partial charge in [-0.15, -0.1) is 0 Å². The number of aromatic nitrogens is 2. The molecule has 0 spiro atoms. The molecule has 7 heteroatoms. The van der Waals surface area contributed by atoms with E-state index >= 15 is 0 Å². The number of ether oxygens (including phenoxy) is 1. The van der Waals surface area contributed by atoms with Crippen molar-refractivity contribution in [3.8, 4) is 5.82 Å². The highest BCUT2D eigenvalue weighted by Crippen LogP contribution is 2.22. The molecular weight excluding hydrogens is 370 g/mol. The summed E-state index contributed by atoms with van der Waals surface area (Å²) in [5.41, 5.74) is 3.81. The van der Waals surface area contributed by atoms with Gasteiger partial charge in [0.25, 0.3) is 5.91 Å². The normalized spacial score (nSPS) is 13.7. The number of hydrogen-bond acceptors (Lipinski definition) is 5. The van der Waals surface area contributed by atoms with Gasteiger partial charge in [0.1, 0.15) is 5.76 Å². The van der Waals surface area contributed by atoms with Gasteiger partial charge in [-0.2, -0.15) is 0 Å². The van der Waals surface area contributed by atoms with Gasteiger partial charge < -0.3 is 14.2 Å². The maximum atomic E-state index is 12.4. The van der Waals surface area contributed by atoms with Crippen molar-refractivity contribution in [2.75, 3.05) is 13.2 Å². The molecule has 0 aliphatic heterocycles. The number of likely N-dealkylation sites (N-methyl/N-ethyl adjacent to an activating group) is 1. The summed E-state index contributed by atoms with van der Waals surface area (Å²) in [7, 11) is 0. The maximum Gasteiger partial charge on any atom is 0.331 e. The standard InChI is InChI=1S/C22H27N3O4/c1-5-24(19-8-6-7-9-19)21(26)14-28-22(27)11-10-18-12-15(2)25(17(18)4)20-13-16(3)29-23-20/h8,10-13H,5-7,9,14H2,1-4H3/b11-10+. The van der Waals surface area contributed by atoms with Crippen LogP contribution in [0, 0.1) is 20.8 Å². The van der Waals surface area contributed by atoms with E-state index in [-0.39, 0.29) is 12.5 Å². The Labute approximate surface area is 170 Å². The molecule has 1 aliphatic rings. The van der Waals surface area contributed by atoms with Crippen LogP contribution in [0.5, 0.6) is 0 Å². The van der Waals surface area contributed by atoms with E-state index < -0.39 is 5.97 Å². The predicted octanol–water partition coefficient (Wildman–Crippen LogP) is 3.86. The fraction of sp³-hybridized carbons (Fsp3) is 0.409. The molecule has 0 N–H and O–H groups in total. The Morgan fingerprint density at radius 3 is 2.72 bits per heavy atom. The van der Waals surface area contributed by atoms with Crippen LogP contribution in [-0.4, -0.2) is 39.7 Å². The van der Waals surface area contributed by atoms with Gasteiger partial charge in [-0.05, 0) is 64.7 Å². The number of carbonyl (C=O) groups excluding carboxylic acids is 2. The van der Waals surface area contributed by atoms with E-state index in [1.54, 1.807) is 11.0 Å². The van der Waals surface area contributed by atoms with Crippen LogP contribution in [0.2, 0.25) is 0 Å². The Morgan fingerprint density at radius 2 is 2.10 bits per heavy atom. The van der Waals surface area contributed by atoms with Gasteiger partial charge >= 0.3 is 5.97 Å². The molecule has 0 saturated carbocycles. The second-order valence-corrected chi connectivity index (χ2v) is 7.12. The smallest absolute Gasteiger partial charge is 0.331 e. The number of carbonyl (C=O) groups is 2. The highest BCUT2D eigenvalue weighted by Gasteiger charge is 2.19. The Hall–Kier alpha value is -3.09. The minimum Gasteiger partial charge on any atom is -0.452 e. The SMILES string of the molecule is CCN(C(=O)COC(=O)/C=C/c1cc(C)n(-c2cc(C)on2)c1C)C1=CCCC1. The van der Waals surface area contributed by atoms with E-state index in [2.05, 4.69) is 11.2 Å². The summed E-state index contributed by atoms with van der Waals surface area (Å²) in [6, 6.07) is 3.81. The molecule has 0 radical (unpaired) electrons. The fourth-order valence-corrected chi connectivity index (χ4v) is 3.62. The molecule has 2 heterocycles. The number of amides is 1. The average molecular weight is 397 g/mol. The van der Waals surface area contributed by atoms with Crippen molar-refractivity contribution < 1.29 is 18.8 Å². The van der Waals surface area contributed by atoms with Crippen LogP contribution in [0.4, 0.5) is 0 Å². The van der Waals surface area contributed by atoms with Crippen molar-refractivity contribution in [2.24, 2.45) is 0 Å². The quantitative estimate of drug-likeness (QED) is 0.524. The van der Waals surface area contributed by atoms with E-state index in [1.807, 2.05) is 44.4 Å². The molecule has 1 amide bonds. The molecular formula is C22H27N3O4. The minimum absolute atomic E-state index is 0.193. The minimum atomic E-state index is -0.545. The molecule has 0 saturated heterocycles. The lowest BCUT2D eigenvalue weighted by molar-refractivity contribution is -0.147. The van der Waals surface area contributed by atoms with Gasteiger partial charge in [-0.1, -0.05) is 11.2 Å². The van der Waals surface area contributed by atoms with E-state index in [0.717, 1.165) is 47.7 Å². The predicted molar refractivity (Wildman–Crippen MR) is 109 cm³/mol. The first-order valence-corrected chi connectivity index (χ1v) is 9.87. The Morgan fingerprint density at radius 1 is 1.31 bits per heavy atom. The third-order valence-electron chi connectivity index (χ3n) is 5.03. The zero-order valence-corrected chi connectivity index (χ0v) is 17.4. The van der Waals surface area contributed by atoms with Gasteiger partial charge in [-0.3, -0.25) is 9.36 Å². The van der Waals surface area contributed by atoms with Gasteiger partial charge in [0.2, 0.25) is 0 Å². The molecule has 0 fully saturated rings. The lowest BCUT2D eigenvalue weighted by Crippen LogP contribution is -2.33. The summed E-state index contributed by atoms with van der Waals surface area (Å²) in [6.07, 6.45) is 8.07. The van der Waals surface area contributed by atoms with E-state index in [4.69, 9.17) is 9.26 Å². The molecule has 2 aromatic heterocycles. The van der Waals surface area contributed by atoms with Gasteiger partial charge in [-0.25, -0.2) is 4.79 Å². The van der Waals surface area contributed by atoms with Gasteiger partial charge in [0, 0.05) is 35.8 Å². The summed E-state index contributed by atoms with van der Waals surface area (Å²) in [5, 5.41) is 4.05. The number of hydrogen-bond donors (Lipinski definition) is 0. The lowest BCUT2D eigenvalue weighted by atomic mass is 10.2. The number of aryl methyl sites for hydroxylation is 2. The van der Waals surface area contributed by atoms with Crippen LogP contribution in [0.15, 0.2) is 34.5 Å². The third kappa shape index (κ3) is 4.67. The van der Waals surface area contributed by atoms with E-state index in [9.17, 15) is 9.59 Å². The van der Waals surface area contributed by atoms with Crippen molar-refractivity contribution in [1.29, 1.82) is 0 Å². The van der Waals surface area contributed by atoms with Crippen molar-refractivity contribution in [1.82, 2.24) is 14.6 Å². The highest BCUT2D eigenvalue weighted by molar-refractivity contribution is 5.89. The molecule has 0 unspecified atom stereocenters. The summed E-state index contributed by atoms with van der Waals surface area (Å²) in [5.74, 6) is 0.692. The average Bonchev–Trinajstić information content (AvgIpc) is 3.41. The molecule has 7 nitrogen and oxygen atoms in total. The molecule has 2 aromatic rings. The van der Waals surface area contributed by atoms with Crippen LogP contribution in [-0.2, 0) is 14.3 Å². The Balaban J connectivity index is 1.61. The van der Waals surface area contributed by atoms with Crippen LogP contribution >= 0.6 is 0 Å². The second kappa shape index (κ2) is 8.94. The van der Waals surface area contributed by atoms with E-state index in [0.29, 0.717) is 12.4 Å². The van der Waals surface area contributed by atoms with Crippen LogP contribution in [0.25, 0.3) is 11.9 Å². The molecule has 29 heavy (non-hydrogen) atoms. The lowest BCUT2D eigenvalue weighted by Gasteiger charge is -2.21. The van der Waals surface area contributed by atoms with Gasteiger partial charge in [0.15, 0.2) is 12.4 Å². The van der Waals surface area contributed by atoms with Crippen molar-refractivity contribution in [3.63, 3.8) is 0 Å². The maximum absolute atomic E-state index is 12.4. The zero-order chi connectivity index (χ0) is 21.0.